The van der Waals surface area contributed by atoms with Gasteiger partial charge >= 0.3 is 0 Å². The van der Waals surface area contributed by atoms with E-state index in [0.29, 0.717) is 11.5 Å². The van der Waals surface area contributed by atoms with Gasteiger partial charge in [0.15, 0.2) is 0 Å². The van der Waals surface area contributed by atoms with Crippen LogP contribution in [0.25, 0.3) is 0 Å². The molecule has 106 valence electrons. The molecule has 20 heavy (non-hydrogen) atoms. The molecule has 0 radical (unpaired) electrons. The smallest absolute Gasteiger partial charge is 0.267 e. The number of nitrogens with one attached hydrogen (secondary N) is 1. The molecule has 0 bridgehead atoms. The van der Waals surface area contributed by atoms with Gasteiger partial charge in [-0.2, -0.15) is 0 Å². The average Bonchev–Trinajstić information content (AvgIpc) is 2.76. The summed E-state index contributed by atoms with van der Waals surface area (Å²) in [6.45, 7) is 6.30. The number of aromatic nitrogens is 1. The topological polar surface area (TPSA) is 51.2 Å². The van der Waals surface area contributed by atoms with E-state index in [4.69, 9.17) is 4.74 Å². The lowest BCUT2D eigenvalue weighted by Gasteiger charge is -2.09. The quantitative estimate of drug-likeness (QED) is 0.938. The summed E-state index contributed by atoms with van der Waals surface area (Å²) in [6, 6.07) is 5.88. The van der Waals surface area contributed by atoms with Gasteiger partial charge in [-0.15, -0.1) is 11.3 Å². The highest BCUT2D eigenvalue weighted by Crippen LogP contribution is 2.23. The number of aryl methyl sites for hydroxylation is 2. The summed E-state index contributed by atoms with van der Waals surface area (Å²) in [5, 5.41) is 3.77. The Morgan fingerprint density at radius 1 is 1.35 bits per heavy atom. The van der Waals surface area contributed by atoms with Crippen LogP contribution < -0.4 is 5.32 Å². The summed E-state index contributed by atoms with van der Waals surface area (Å²) >= 11 is 1.37. The van der Waals surface area contributed by atoms with Gasteiger partial charge in [-0.25, -0.2) is 4.98 Å². The zero-order valence-electron chi connectivity index (χ0n) is 12.1. The molecular formula is C15H18N2O2S. The Hall–Kier alpha value is -1.72. The molecule has 0 saturated heterocycles. The number of methoxy groups -OCH3 is 1. The third kappa shape index (κ3) is 3.05. The van der Waals surface area contributed by atoms with Crippen molar-refractivity contribution in [3.8, 4) is 0 Å². The molecule has 2 aromatic rings. The zero-order valence-corrected chi connectivity index (χ0v) is 12.9. The van der Waals surface area contributed by atoms with Gasteiger partial charge in [0, 0.05) is 12.8 Å². The first-order valence-corrected chi connectivity index (χ1v) is 7.17. The van der Waals surface area contributed by atoms with E-state index in [9.17, 15) is 4.79 Å². The maximum atomic E-state index is 12.3. The lowest BCUT2D eigenvalue weighted by molar-refractivity contribution is 0.102. The van der Waals surface area contributed by atoms with Crippen LogP contribution >= 0.6 is 11.3 Å². The van der Waals surface area contributed by atoms with Crippen molar-refractivity contribution >= 4 is 22.9 Å². The fraction of sp³-hybridized carbons (Fsp3) is 0.333. The summed E-state index contributed by atoms with van der Waals surface area (Å²) in [5.74, 6) is -0.115. The van der Waals surface area contributed by atoms with Crippen LogP contribution in [-0.2, 0) is 11.3 Å². The molecule has 1 aromatic carbocycles. The van der Waals surface area contributed by atoms with Crippen LogP contribution in [-0.4, -0.2) is 18.0 Å². The van der Waals surface area contributed by atoms with Gasteiger partial charge in [0.25, 0.3) is 5.91 Å². The van der Waals surface area contributed by atoms with Crippen LogP contribution in [0.3, 0.4) is 0 Å². The number of ether oxygens (including phenoxy) is 1. The molecule has 0 aliphatic carbocycles. The first kappa shape index (κ1) is 14.7. The Bertz CT molecular complexity index is 635. The summed E-state index contributed by atoms with van der Waals surface area (Å²) in [5.41, 5.74) is 3.82. The second-order valence-corrected chi connectivity index (χ2v) is 5.74. The fourth-order valence-corrected chi connectivity index (χ4v) is 2.85. The summed E-state index contributed by atoms with van der Waals surface area (Å²) in [4.78, 5) is 17.3. The minimum absolute atomic E-state index is 0.115. The molecule has 2 rings (SSSR count). The number of hydrogen-bond acceptors (Lipinski definition) is 4. The number of hydrogen-bond donors (Lipinski definition) is 1. The zero-order chi connectivity index (χ0) is 14.7. The van der Waals surface area contributed by atoms with E-state index in [1.54, 1.807) is 7.11 Å². The predicted molar refractivity (Wildman–Crippen MR) is 81.4 cm³/mol. The molecule has 5 heteroatoms. The molecule has 1 amide bonds. The second kappa shape index (κ2) is 6.15. The second-order valence-electron chi connectivity index (χ2n) is 4.66. The molecule has 0 aliphatic heterocycles. The lowest BCUT2D eigenvalue weighted by Crippen LogP contribution is -2.12. The first-order chi connectivity index (χ1) is 9.52. The van der Waals surface area contributed by atoms with E-state index in [1.807, 2.05) is 39.0 Å². The minimum Gasteiger partial charge on any atom is -0.378 e. The average molecular weight is 290 g/mol. The molecular weight excluding hydrogens is 272 g/mol. The normalized spacial score (nSPS) is 10.6. The minimum atomic E-state index is -0.115. The van der Waals surface area contributed by atoms with Crippen molar-refractivity contribution < 1.29 is 9.53 Å². The van der Waals surface area contributed by atoms with Crippen LogP contribution in [0, 0.1) is 20.8 Å². The van der Waals surface area contributed by atoms with Crippen molar-refractivity contribution in [2.75, 3.05) is 12.4 Å². The summed E-state index contributed by atoms with van der Waals surface area (Å²) in [7, 11) is 1.62. The van der Waals surface area contributed by atoms with Crippen LogP contribution in [0.15, 0.2) is 18.2 Å². The van der Waals surface area contributed by atoms with Crippen molar-refractivity contribution in [3.05, 3.63) is 44.9 Å². The van der Waals surface area contributed by atoms with Crippen LogP contribution in [0.5, 0.6) is 0 Å². The Morgan fingerprint density at radius 2 is 2.10 bits per heavy atom. The third-order valence-electron chi connectivity index (χ3n) is 3.17. The Morgan fingerprint density at radius 3 is 2.80 bits per heavy atom. The largest absolute Gasteiger partial charge is 0.378 e. The van der Waals surface area contributed by atoms with Crippen molar-refractivity contribution in [3.63, 3.8) is 0 Å². The summed E-state index contributed by atoms with van der Waals surface area (Å²) < 4.78 is 5.05. The molecule has 1 aromatic heterocycles. The number of thiazole rings is 1. The van der Waals surface area contributed by atoms with Gasteiger partial charge in [0.2, 0.25) is 0 Å². The van der Waals surface area contributed by atoms with Crippen LogP contribution in [0.4, 0.5) is 5.69 Å². The SMILES string of the molecule is COCc1nc(C)c(C(=O)Nc2cccc(C)c2C)s1. The highest BCUT2D eigenvalue weighted by molar-refractivity contribution is 7.13. The maximum absolute atomic E-state index is 12.3. The van der Waals surface area contributed by atoms with E-state index in [-0.39, 0.29) is 5.91 Å². The molecule has 0 atom stereocenters. The first-order valence-electron chi connectivity index (χ1n) is 6.35. The van der Waals surface area contributed by atoms with Gasteiger partial charge in [-0.1, -0.05) is 12.1 Å². The molecule has 0 unspecified atom stereocenters. The lowest BCUT2D eigenvalue weighted by atomic mass is 10.1. The molecule has 4 nitrogen and oxygen atoms in total. The number of carbonyl (C=O) groups excluding carboxylic acids is 1. The van der Waals surface area contributed by atoms with Crippen LogP contribution in [0.2, 0.25) is 0 Å². The van der Waals surface area contributed by atoms with Gasteiger partial charge in [0.1, 0.15) is 9.88 Å². The highest BCUT2D eigenvalue weighted by Gasteiger charge is 2.16. The Kier molecular flexibility index (Phi) is 4.52. The van der Waals surface area contributed by atoms with E-state index in [0.717, 1.165) is 27.5 Å². The number of nitrogens with zero attached hydrogens (tertiary/aromatic N) is 1. The van der Waals surface area contributed by atoms with E-state index in [1.165, 1.54) is 11.3 Å². The van der Waals surface area contributed by atoms with Crippen molar-refractivity contribution in [2.24, 2.45) is 0 Å². The van der Waals surface area contributed by atoms with Crippen molar-refractivity contribution in [1.82, 2.24) is 4.98 Å². The van der Waals surface area contributed by atoms with Gasteiger partial charge in [-0.3, -0.25) is 4.79 Å². The number of rotatable bonds is 4. The van der Waals surface area contributed by atoms with Gasteiger partial charge in [0.05, 0.1) is 12.3 Å². The highest BCUT2D eigenvalue weighted by atomic mass is 32.1. The Balaban J connectivity index is 2.22. The molecule has 0 aliphatic rings. The number of anilines is 1. The van der Waals surface area contributed by atoms with Crippen molar-refractivity contribution in [2.45, 2.75) is 27.4 Å². The van der Waals surface area contributed by atoms with Crippen molar-refractivity contribution in [1.29, 1.82) is 0 Å². The molecule has 0 fully saturated rings. The molecule has 0 saturated carbocycles. The third-order valence-corrected chi connectivity index (χ3v) is 4.30. The number of carbonyl (C=O) groups is 1. The Labute approximate surface area is 122 Å². The van der Waals surface area contributed by atoms with Gasteiger partial charge < -0.3 is 10.1 Å². The van der Waals surface area contributed by atoms with E-state index < -0.39 is 0 Å². The molecule has 1 N–H and O–H groups in total. The summed E-state index contributed by atoms with van der Waals surface area (Å²) in [6.07, 6.45) is 0. The molecule has 1 heterocycles. The monoisotopic (exact) mass is 290 g/mol. The predicted octanol–water partition coefficient (Wildman–Crippen LogP) is 3.47. The van der Waals surface area contributed by atoms with Crippen LogP contribution in [0.1, 0.15) is 31.5 Å². The maximum Gasteiger partial charge on any atom is 0.267 e. The fourth-order valence-electron chi connectivity index (χ4n) is 1.91. The molecule has 0 spiro atoms. The van der Waals surface area contributed by atoms with E-state index >= 15 is 0 Å². The standard InChI is InChI=1S/C15H18N2O2S/c1-9-6-5-7-12(10(9)2)17-15(18)14-11(3)16-13(20-14)8-19-4/h5-7H,8H2,1-4H3,(H,17,18). The van der Waals surface area contributed by atoms with E-state index in [2.05, 4.69) is 10.3 Å². The number of benzene rings is 1. The number of amides is 1. The van der Waals surface area contributed by atoms with Gasteiger partial charge in [-0.05, 0) is 38.0 Å².